The zero-order chi connectivity index (χ0) is 8.81. The number of azide groups is 1. The molecule has 0 heterocycles. The van der Waals surface area contributed by atoms with E-state index in [2.05, 4.69) is 10.0 Å². The molecule has 0 aliphatic rings. The van der Waals surface area contributed by atoms with Crippen LogP contribution in [0.3, 0.4) is 0 Å². The van der Waals surface area contributed by atoms with E-state index in [1.165, 1.54) is 0 Å². The quantitative estimate of drug-likeness (QED) is 0.383. The van der Waals surface area contributed by atoms with Crippen LogP contribution in [-0.4, -0.2) is 7.11 Å². The van der Waals surface area contributed by atoms with Crippen molar-refractivity contribution in [3.63, 3.8) is 0 Å². The second-order valence-electron chi connectivity index (χ2n) is 2.24. The maximum atomic E-state index is 8.08. The number of rotatable bonds is 3. The van der Waals surface area contributed by atoms with Crippen LogP contribution < -0.4 is 4.74 Å². The van der Waals surface area contributed by atoms with Gasteiger partial charge in [-0.2, -0.15) is 0 Å². The Morgan fingerprint density at radius 2 is 2.42 bits per heavy atom. The maximum absolute atomic E-state index is 8.08. The molecule has 0 atom stereocenters. The van der Waals surface area contributed by atoms with E-state index in [1.54, 1.807) is 7.11 Å². The first-order valence-electron chi connectivity index (χ1n) is 3.50. The van der Waals surface area contributed by atoms with Crippen LogP contribution in [0.15, 0.2) is 29.4 Å². The van der Waals surface area contributed by atoms with E-state index in [0.29, 0.717) is 6.54 Å². The van der Waals surface area contributed by atoms with Gasteiger partial charge >= 0.3 is 0 Å². The Labute approximate surface area is 70.4 Å². The lowest BCUT2D eigenvalue weighted by molar-refractivity contribution is 0.414. The molecule has 0 fully saturated rings. The van der Waals surface area contributed by atoms with E-state index in [1.807, 2.05) is 24.3 Å². The van der Waals surface area contributed by atoms with Crippen LogP contribution in [0.5, 0.6) is 5.75 Å². The zero-order valence-corrected chi connectivity index (χ0v) is 6.77. The molecule has 0 saturated carbocycles. The standard InChI is InChI=1S/C8H9N3O/c1-12-8-4-2-3-7(5-8)6-10-11-9/h2-5H,6H2,1H3. The van der Waals surface area contributed by atoms with Crippen molar-refractivity contribution in [1.82, 2.24) is 0 Å². The highest BCUT2D eigenvalue weighted by atomic mass is 16.5. The van der Waals surface area contributed by atoms with Crippen molar-refractivity contribution in [3.05, 3.63) is 40.3 Å². The van der Waals surface area contributed by atoms with Crippen molar-refractivity contribution in [3.8, 4) is 5.75 Å². The van der Waals surface area contributed by atoms with Gasteiger partial charge in [0.15, 0.2) is 0 Å². The molecule has 0 spiro atoms. The van der Waals surface area contributed by atoms with Crippen molar-refractivity contribution < 1.29 is 4.74 Å². The topological polar surface area (TPSA) is 58.0 Å². The summed E-state index contributed by atoms with van der Waals surface area (Å²) in [6.45, 7) is 0.369. The summed E-state index contributed by atoms with van der Waals surface area (Å²) in [5.41, 5.74) is 9.03. The highest BCUT2D eigenvalue weighted by Crippen LogP contribution is 2.12. The molecular weight excluding hydrogens is 154 g/mol. The summed E-state index contributed by atoms with van der Waals surface area (Å²) < 4.78 is 5.00. The van der Waals surface area contributed by atoms with E-state index in [0.717, 1.165) is 11.3 Å². The zero-order valence-electron chi connectivity index (χ0n) is 6.77. The van der Waals surface area contributed by atoms with E-state index in [-0.39, 0.29) is 0 Å². The van der Waals surface area contributed by atoms with Crippen molar-refractivity contribution >= 4 is 0 Å². The van der Waals surface area contributed by atoms with Crippen LogP contribution in [0.2, 0.25) is 0 Å². The van der Waals surface area contributed by atoms with Crippen molar-refractivity contribution in [2.75, 3.05) is 7.11 Å². The van der Waals surface area contributed by atoms with Gasteiger partial charge in [-0.15, -0.1) is 0 Å². The average Bonchev–Trinajstić information content (AvgIpc) is 2.15. The minimum absolute atomic E-state index is 0.369. The summed E-state index contributed by atoms with van der Waals surface area (Å²) in [6, 6.07) is 7.44. The Balaban J connectivity index is 2.78. The minimum Gasteiger partial charge on any atom is -0.497 e. The largest absolute Gasteiger partial charge is 0.497 e. The predicted molar refractivity (Wildman–Crippen MR) is 45.8 cm³/mol. The lowest BCUT2D eigenvalue weighted by Crippen LogP contribution is -1.84. The molecule has 1 aromatic rings. The van der Waals surface area contributed by atoms with Gasteiger partial charge < -0.3 is 4.74 Å². The molecule has 0 radical (unpaired) electrons. The Kier molecular flexibility index (Phi) is 2.99. The van der Waals surface area contributed by atoms with Gasteiger partial charge in [0.2, 0.25) is 0 Å². The minimum atomic E-state index is 0.369. The lowest BCUT2D eigenvalue weighted by Gasteiger charge is -2.00. The van der Waals surface area contributed by atoms with Gasteiger partial charge in [0.25, 0.3) is 0 Å². The van der Waals surface area contributed by atoms with Gasteiger partial charge in [-0.3, -0.25) is 0 Å². The third-order valence-electron chi connectivity index (χ3n) is 1.45. The van der Waals surface area contributed by atoms with E-state index >= 15 is 0 Å². The van der Waals surface area contributed by atoms with Crippen LogP contribution in [0.1, 0.15) is 5.56 Å². The van der Waals surface area contributed by atoms with Crippen LogP contribution in [0.4, 0.5) is 0 Å². The number of ether oxygens (including phenoxy) is 1. The SMILES string of the molecule is COc1cccc(CN=[N+]=[N-])c1. The monoisotopic (exact) mass is 163 g/mol. The van der Waals surface area contributed by atoms with Gasteiger partial charge in [0.05, 0.1) is 13.7 Å². The van der Waals surface area contributed by atoms with Crippen molar-refractivity contribution in [2.45, 2.75) is 6.54 Å². The molecular formula is C8H9N3O. The van der Waals surface area contributed by atoms with Gasteiger partial charge in [0, 0.05) is 4.91 Å². The van der Waals surface area contributed by atoms with E-state index in [4.69, 9.17) is 10.3 Å². The smallest absolute Gasteiger partial charge is 0.119 e. The Morgan fingerprint density at radius 3 is 3.08 bits per heavy atom. The van der Waals surface area contributed by atoms with Gasteiger partial charge in [-0.05, 0) is 23.2 Å². The van der Waals surface area contributed by atoms with E-state index < -0.39 is 0 Å². The number of benzene rings is 1. The first-order chi connectivity index (χ1) is 5.86. The average molecular weight is 163 g/mol. The van der Waals surface area contributed by atoms with Gasteiger partial charge in [-0.1, -0.05) is 17.2 Å². The normalized spacial score (nSPS) is 8.75. The second kappa shape index (κ2) is 4.26. The van der Waals surface area contributed by atoms with Crippen LogP contribution in [0, 0.1) is 0 Å². The molecule has 4 heteroatoms. The van der Waals surface area contributed by atoms with Crippen LogP contribution in [-0.2, 0) is 6.54 Å². The third kappa shape index (κ3) is 2.18. The fourth-order valence-corrected chi connectivity index (χ4v) is 0.884. The summed E-state index contributed by atoms with van der Waals surface area (Å²) in [6.07, 6.45) is 0. The number of hydrogen-bond acceptors (Lipinski definition) is 2. The molecule has 12 heavy (non-hydrogen) atoms. The summed E-state index contributed by atoms with van der Waals surface area (Å²) in [7, 11) is 1.60. The first-order valence-corrected chi connectivity index (χ1v) is 3.50. The maximum Gasteiger partial charge on any atom is 0.119 e. The summed E-state index contributed by atoms with van der Waals surface area (Å²) in [4.78, 5) is 2.67. The highest BCUT2D eigenvalue weighted by Gasteiger charge is 1.92. The fraction of sp³-hybridized carbons (Fsp3) is 0.250. The number of nitrogens with zero attached hydrogens (tertiary/aromatic N) is 3. The van der Waals surface area contributed by atoms with Gasteiger partial charge in [0.1, 0.15) is 5.75 Å². The molecule has 0 unspecified atom stereocenters. The number of methoxy groups -OCH3 is 1. The molecule has 1 rings (SSSR count). The Hall–Kier alpha value is -1.67. The molecule has 0 amide bonds. The molecule has 0 bridgehead atoms. The van der Waals surface area contributed by atoms with Crippen molar-refractivity contribution in [2.24, 2.45) is 5.11 Å². The summed E-state index contributed by atoms with van der Waals surface area (Å²) in [5.74, 6) is 0.778. The Bertz CT molecular complexity index is 305. The molecule has 62 valence electrons. The molecule has 0 N–H and O–H groups in total. The Morgan fingerprint density at radius 1 is 1.58 bits per heavy atom. The second-order valence-corrected chi connectivity index (χ2v) is 2.24. The molecule has 0 aliphatic heterocycles. The molecule has 0 aromatic heterocycles. The van der Waals surface area contributed by atoms with Crippen LogP contribution in [0.25, 0.3) is 10.4 Å². The van der Waals surface area contributed by atoms with E-state index in [9.17, 15) is 0 Å². The molecule has 4 nitrogen and oxygen atoms in total. The van der Waals surface area contributed by atoms with Crippen molar-refractivity contribution in [1.29, 1.82) is 0 Å². The number of hydrogen-bond donors (Lipinski definition) is 0. The molecule has 0 aliphatic carbocycles. The third-order valence-corrected chi connectivity index (χ3v) is 1.45. The fourth-order valence-electron chi connectivity index (χ4n) is 0.884. The lowest BCUT2D eigenvalue weighted by atomic mass is 10.2. The molecule has 0 saturated heterocycles. The summed E-state index contributed by atoms with van der Waals surface area (Å²) >= 11 is 0. The molecule has 1 aromatic carbocycles. The predicted octanol–water partition coefficient (Wildman–Crippen LogP) is 2.51. The van der Waals surface area contributed by atoms with Crippen LogP contribution >= 0.6 is 0 Å². The summed E-state index contributed by atoms with van der Waals surface area (Å²) in [5, 5.41) is 3.44. The highest BCUT2D eigenvalue weighted by molar-refractivity contribution is 5.28. The van der Waals surface area contributed by atoms with Gasteiger partial charge in [-0.25, -0.2) is 0 Å². The first kappa shape index (κ1) is 8.43.